The molecule has 0 N–H and O–H groups in total. The van der Waals surface area contributed by atoms with E-state index in [4.69, 9.17) is 9.47 Å². The molecule has 0 aromatic rings. The fourth-order valence-electron chi connectivity index (χ4n) is 3.17. The third kappa shape index (κ3) is 2.08. The van der Waals surface area contributed by atoms with Crippen molar-refractivity contribution in [2.75, 3.05) is 6.61 Å². The van der Waals surface area contributed by atoms with E-state index < -0.39 is 0 Å². The highest BCUT2D eigenvalue weighted by atomic mass is 16.7. The maximum atomic E-state index is 11.3. The lowest BCUT2D eigenvalue weighted by Crippen LogP contribution is -2.27. The van der Waals surface area contributed by atoms with Crippen LogP contribution in [0, 0.1) is 5.41 Å². The lowest BCUT2D eigenvalue weighted by molar-refractivity contribution is -0.132. The van der Waals surface area contributed by atoms with Crippen LogP contribution in [0.25, 0.3) is 0 Å². The van der Waals surface area contributed by atoms with Gasteiger partial charge in [0, 0.05) is 24.9 Å². The number of ketones is 1. The van der Waals surface area contributed by atoms with E-state index in [1.807, 2.05) is 6.92 Å². The van der Waals surface area contributed by atoms with Gasteiger partial charge in [-0.05, 0) is 26.7 Å². The van der Waals surface area contributed by atoms with Crippen molar-refractivity contribution in [2.24, 2.45) is 5.41 Å². The van der Waals surface area contributed by atoms with Gasteiger partial charge in [0.15, 0.2) is 6.29 Å². The maximum absolute atomic E-state index is 11.3. The number of fused-ring (bicyclic) bond motifs is 1. The summed E-state index contributed by atoms with van der Waals surface area (Å²) in [4.78, 5) is 11.3. The molecule has 0 spiro atoms. The number of rotatable bonds is 4. The zero-order valence-electron chi connectivity index (χ0n) is 9.62. The van der Waals surface area contributed by atoms with Crippen molar-refractivity contribution in [3.05, 3.63) is 0 Å². The van der Waals surface area contributed by atoms with Crippen LogP contribution in [-0.2, 0) is 14.3 Å². The highest BCUT2D eigenvalue weighted by Crippen LogP contribution is 2.52. The molecule has 1 aliphatic heterocycles. The Morgan fingerprint density at radius 1 is 1.60 bits per heavy atom. The average molecular weight is 212 g/mol. The number of Topliss-reactive ketones (excluding diaryl/α,β-unsaturated/α-hetero) is 1. The summed E-state index contributed by atoms with van der Waals surface area (Å²) >= 11 is 0. The van der Waals surface area contributed by atoms with Gasteiger partial charge in [-0.3, -0.25) is 0 Å². The Bertz CT molecular complexity index is 251. The lowest BCUT2D eigenvalue weighted by Gasteiger charge is -2.25. The van der Waals surface area contributed by atoms with Crippen molar-refractivity contribution >= 4 is 5.78 Å². The van der Waals surface area contributed by atoms with Crippen molar-refractivity contribution < 1.29 is 14.3 Å². The van der Waals surface area contributed by atoms with E-state index in [2.05, 4.69) is 0 Å². The lowest BCUT2D eigenvalue weighted by atomic mass is 9.78. The van der Waals surface area contributed by atoms with Crippen LogP contribution in [0.4, 0.5) is 0 Å². The molecule has 0 radical (unpaired) electrons. The highest BCUT2D eigenvalue weighted by molar-refractivity contribution is 5.76. The maximum Gasteiger partial charge on any atom is 0.158 e. The predicted molar refractivity (Wildman–Crippen MR) is 56.5 cm³/mol. The van der Waals surface area contributed by atoms with Crippen LogP contribution in [0.5, 0.6) is 0 Å². The first-order chi connectivity index (χ1) is 7.16. The van der Waals surface area contributed by atoms with Gasteiger partial charge in [0.25, 0.3) is 0 Å². The van der Waals surface area contributed by atoms with Crippen molar-refractivity contribution in [2.45, 2.75) is 58.3 Å². The van der Waals surface area contributed by atoms with Gasteiger partial charge in [0.1, 0.15) is 5.78 Å². The molecule has 2 rings (SSSR count). The Labute approximate surface area is 91.1 Å². The van der Waals surface area contributed by atoms with E-state index in [1.54, 1.807) is 6.92 Å². The van der Waals surface area contributed by atoms with Gasteiger partial charge in [-0.15, -0.1) is 0 Å². The van der Waals surface area contributed by atoms with E-state index in [0.717, 1.165) is 19.3 Å². The molecule has 0 bridgehead atoms. The summed E-state index contributed by atoms with van der Waals surface area (Å²) in [6.45, 7) is 4.35. The quantitative estimate of drug-likeness (QED) is 0.717. The normalized spacial score (nSPS) is 39.3. The Balaban J connectivity index is 2.04. The molecule has 0 unspecified atom stereocenters. The molecule has 2 fully saturated rings. The highest BCUT2D eigenvalue weighted by Gasteiger charge is 2.51. The second-order valence-electron chi connectivity index (χ2n) is 4.85. The standard InChI is InChI=1S/C12H20O3/c1-3-14-11-8-12(7-9(2)13)6-4-5-10(12)15-11/h10-11H,3-8H2,1-2H3/t10-,11+,12+/m0/s1. The molecule has 1 saturated carbocycles. The number of hydrogen-bond donors (Lipinski definition) is 0. The first kappa shape index (κ1) is 11.1. The van der Waals surface area contributed by atoms with Crippen LogP contribution >= 0.6 is 0 Å². The van der Waals surface area contributed by atoms with Crippen molar-refractivity contribution in [3.8, 4) is 0 Å². The minimum atomic E-state index is -0.0698. The first-order valence-corrected chi connectivity index (χ1v) is 5.93. The molecule has 1 saturated heterocycles. The van der Waals surface area contributed by atoms with Gasteiger partial charge in [-0.2, -0.15) is 0 Å². The summed E-state index contributed by atoms with van der Waals surface area (Å²) in [5.74, 6) is 0.280. The summed E-state index contributed by atoms with van der Waals surface area (Å²) < 4.78 is 11.4. The van der Waals surface area contributed by atoms with Crippen LogP contribution in [0.15, 0.2) is 0 Å². The Morgan fingerprint density at radius 2 is 2.40 bits per heavy atom. The topological polar surface area (TPSA) is 35.5 Å². The molecule has 0 aromatic carbocycles. The predicted octanol–water partition coefficient (Wildman–Crippen LogP) is 2.29. The summed E-state index contributed by atoms with van der Waals surface area (Å²) in [6, 6.07) is 0. The van der Waals surface area contributed by atoms with Gasteiger partial charge in [-0.25, -0.2) is 0 Å². The van der Waals surface area contributed by atoms with Gasteiger partial charge in [0.05, 0.1) is 6.10 Å². The third-order valence-electron chi connectivity index (χ3n) is 3.67. The average Bonchev–Trinajstić information content (AvgIpc) is 2.59. The smallest absolute Gasteiger partial charge is 0.158 e. The Kier molecular flexibility index (Phi) is 3.12. The number of carbonyl (C=O) groups excluding carboxylic acids is 1. The molecule has 1 heterocycles. The number of carbonyl (C=O) groups is 1. The van der Waals surface area contributed by atoms with Crippen LogP contribution in [-0.4, -0.2) is 24.8 Å². The molecule has 0 aromatic heterocycles. The van der Waals surface area contributed by atoms with Crippen molar-refractivity contribution in [3.63, 3.8) is 0 Å². The molecule has 86 valence electrons. The minimum Gasteiger partial charge on any atom is -0.353 e. The van der Waals surface area contributed by atoms with Gasteiger partial charge >= 0.3 is 0 Å². The van der Waals surface area contributed by atoms with Crippen LogP contribution in [0.3, 0.4) is 0 Å². The van der Waals surface area contributed by atoms with Crippen molar-refractivity contribution in [1.29, 1.82) is 0 Å². The van der Waals surface area contributed by atoms with Crippen LogP contribution in [0.2, 0.25) is 0 Å². The molecular weight excluding hydrogens is 192 g/mol. The second kappa shape index (κ2) is 4.22. The Morgan fingerprint density at radius 3 is 3.07 bits per heavy atom. The molecular formula is C12H20O3. The molecule has 3 nitrogen and oxygen atoms in total. The molecule has 3 heteroatoms. The second-order valence-corrected chi connectivity index (χ2v) is 4.85. The number of hydrogen-bond acceptors (Lipinski definition) is 3. The van der Waals surface area contributed by atoms with Crippen molar-refractivity contribution in [1.82, 2.24) is 0 Å². The fraction of sp³-hybridized carbons (Fsp3) is 0.917. The summed E-state index contributed by atoms with van der Waals surface area (Å²) in [7, 11) is 0. The van der Waals surface area contributed by atoms with E-state index in [0.29, 0.717) is 13.0 Å². The first-order valence-electron chi connectivity index (χ1n) is 5.93. The molecule has 1 aliphatic carbocycles. The summed E-state index contributed by atoms with van der Waals surface area (Å²) in [6.07, 6.45) is 5.18. The van der Waals surface area contributed by atoms with Gasteiger partial charge in [-0.1, -0.05) is 6.42 Å². The zero-order valence-corrected chi connectivity index (χ0v) is 9.62. The van der Waals surface area contributed by atoms with E-state index in [1.165, 1.54) is 6.42 Å². The zero-order chi connectivity index (χ0) is 10.9. The van der Waals surface area contributed by atoms with Crippen LogP contribution in [0.1, 0.15) is 46.0 Å². The largest absolute Gasteiger partial charge is 0.353 e. The molecule has 0 amide bonds. The van der Waals surface area contributed by atoms with E-state index >= 15 is 0 Å². The SMILES string of the molecule is CCO[C@H]1C[C@]2(CC(C)=O)CCC[C@@H]2O1. The monoisotopic (exact) mass is 212 g/mol. The van der Waals surface area contributed by atoms with Crippen LogP contribution < -0.4 is 0 Å². The summed E-state index contributed by atoms with van der Waals surface area (Å²) in [5, 5.41) is 0. The molecule has 15 heavy (non-hydrogen) atoms. The minimum absolute atomic E-state index is 0.0698. The third-order valence-corrected chi connectivity index (χ3v) is 3.67. The van der Waals surface area contributed by atoms with Gasteiger partial charge in [0.2, 0.25) is 0 Å². The Hall–Kier alpha value is -0.410. The summed E-state index contributed by atoms with van der Waals surface area (Å²) in [5.41, 5.74) is 0.103. The molecule has 2 aliphatic rings. The number of ether oxygens (including phenoxy) is 2. The van der Waals surface area contributed by atoms with Gasteiger partial charge < -0.3 is 14.3 Å². The van der Waals surface area contributed by atoms with E-state index in [-0.39, 0.29) is 23.6 Å². The van der Waals surface area contributed by atoms with E-state index in [9.17, 15) is 4.79 Å². The fourth-order valence-corrected chi connectivity index (χ4v) is 3.17. The molecule has 3 atom stereocenters.